The molecule has 0 N–H and O–H groups in total. The van der Waals surface area contributed by atoms with Crippen molar-refractivity contribution in [3.63, 3.8) is 0 Å². The Labute approximate surface area is 530 Å². The first-order valence-electron chi connectivity index (χ1n) is 28.5. The van der Waals surface area contributed by atoms with Crippen LogP contribution in [0.15, 0.2) is 0 Å². The van der Waals surface area contributed by atoms with Crippen LogP contribution in [0.3, 0.4) is 0 Å². The van der Waals surface area contributed by atoms with Crippen molar-refractivity contribution in [3.8, 4) is 0 Å². The third-order valence-electron chi connectivity index (χ3n) is 11.8. The van der Waals surface area contributed by atoms with Gasteiger partial charge in [-0.25, -0.2) is 0 Å². The first-order chi connectivity index (χ1) is 29.6. The summed E-state index contributed by atoms with van der Waals surface area (Å²) in [6.45, 7) is 30.6. The van der Waals surface area contributed by atoms with E-state index in [0.29, 0.717) is 0 Å². The molecule has 0 saturated heterocycles. The number of hydrogen-bond acceptors (Lipinski definition) is 0. The van der Waals surface area contributed by atoms with Crippen LogP contribution in [-0.4, -0.2) is 148 Å². The van der Waals surface area contributed by atoms with Gasteiger partial charge in [-0.3, -0.25) is 0 Å². The number of hydrogen-bond donors (Lipinski definition) is 0. The van der Waals surface area contributed by atoms with Crippen LogP contribution in [0.25, 0.3) is 0 Å². The zero-order valence-corrected chi connectivity index (χ0v) is 43.9. The van der Waals surface area contributed by atoms with Crippen LogP contribution in [-0.2, 0) is 0 Å². The molecule has 0 amide bonds. The van der Waals surface area contributed by atoms with Crippen molar-refractivity contribution < 1.29 is 0 Å². The van der Waals surface area contributed by atoms with Crippen LogP contribution in [0.5, 0.6) is 0 Å². The summed E-state index contributed by atoms with van der Waals surface area (Å²) < 4.78 is 0. The van der Waals surface area contributed by atoms with Crippen LogP contribution < -0.4 is 0 Å². The molecule has 375 valence electrons. The SMILES string of the molecule is [CH2]CCCCCCCCCCC.[CH2]CCCCCCCCCCC.[CH2]CCCCCCCCCCC.[CH2]CCCCCCCCCCC.[CH2]CCCCCCCCCCC.[NaH].[NaH].[NaH].[NaH].[NaH]. The molecule has 0 aliphatic carbocycles. The summed E-state index contributed by atoms with van der Waals surface area (Å²) in [5.74, 6) is 0. The maximum atomic E-state index is 3.84. The topological polar surface area (TPSA) is 0 Å². The third-order valence-corrected chi connectivity index (χ3v) is 11.8. The average Bonchev–Trinajstić information content (AvgIpc) is 3.26. The van der Waals surface area contributed by atoms with Gasteiger partial charge in [0.2, 0.25) is 0 Å². The fourth-order valence-electron chi connectivity index (χ4n) is 7.44. The van der Waals surface area contributed by atoms with E-state index in [9.17, 15) is 0 Å². The summed E-state index contributed by atoms with van der Waals surface area (Å²) in [5, 5.41) is 0. The first kappa shape index (κ1) is 92.6. The van der Waals surface area contributed by atoms with E-state index >= 15 is 0 Å². The molecular formula is C60H130Na5. The van der Waals surface area contributed by atoms with Crippen LogP contribution in [0.2, 0.25) is 0 Å². The summed E-state index contributed by atoms with van der Waals surface area (Å²) in [6.07, 6.45) is 69.4. The van der Waals surface area contributed by atoms with Gasteiger partial charge in [0.25, 0.3) is 0 Å². The Hall–Kier alpha value is 5.00. The fourth-order valence-corrected chi connectivity index (χ4v) is 7.44. The van der Waals surface area contributed by atoms with Gasteiger partial charge in [-0.1, -0.05) is 390 Å². The van der Waals surface area contributed by atoms with E-state index < -0.39 is 0 Å². The zero-order valence-electron chi connectivity index (χ0n) is 43.9. The van der Waals surface area contributed by atoms with E-state index in [0.717, 1.165) is 32.1 Å². The monoisotopic (exact) mass is 966 g/mol. The molecule has 0 aromatic rings. The molecule has 5 heteroatoms. The Bertz CT molecular complexity index is 424. The van der Waals surface area contributed by atoms with Crippen molar-refractivity contribution >= 4 is 148 Å². The third kappa shape index (κ3) is 124. The molecule has 0 saturated carbocycles. The molecule has 0 rings (SSSR count). The molecule has 0 unspecified atom stereocenters. The van der Waals surface area contributed by atoms with Crippen LogP contribution in [0.4, 0.5) is 0 Å². The van der Waals surface area contributed by atoms with E-state index in [4.69, 9.17) is 0 Å². The van der Waals surface area contributed by atoms with Crippen molar-refractivity contribution in [3.05, 3.63) is 34.6 Å². The van der Waals surface area contributed by atoms with E-state index in [-0.39, 0.29) is 148 Å². The molecule has 0 aromatic carbocycles. The van der Waals surface area contributed by atoms with Gasteiger partial charge in [-0.15, -0.1) is 0 Å². The van der Waals surface area contributed by atoms with Crippen LogP contribution in [0, 0.1) is 34.6 Å². The van der Waals surface area contributed by atoms with E-state index in [2.05, 4.69) is 69.2 Å². The van der Waals surface area contributed by atoms with Crippen molar-refractivity contribution in [2.24, 2.45) is 0 Å². The standard InChI is InChI=1S/5C12H25.5Na.5H/c5*1-3-5-7-9-11-12-10-8-6-4-2;;;;;;;;;;/h5*1,3-12H2,2H3;;;;;;;;;;. The van der Waals surface area contributed by atoms with Crippen molar-refractivity contribution in [1.82, 2.24) is 0 Å². The summed E-state index contributed by atoms with van der Waals surface area (Å²) in [5.41, 5.74) is 0. The summed E-state index contributed by atoms with van der Waals surface area (Å²) in [7, 11) is 0. The molecule has 0 fully saturated rings. The Morgan fingerprint density at radius 3 is 0.292 bits per heavy atom. The molecule has 0 aliphatic heterocycles. The summed E-state index contributed by atoms with van der Waals surface area (Å²) in [6, 6.07) is 0. The predicted octanol–water partition coefficient (Wildman–Crippen LogP) is 20.5. The second-order valence-electron chi connectivity index (χ2n) is 18.4. The summed E-state index contributed by atoms with van der Waals surface area (Å²) >= 11 is 0. The first-order valence-corrected chi connectivity index (χ1v) is 28.5. The second-order valence-corrected chi connectivity index (χ2v) is 18.4. The van der Waals surface area contributed by atoms with Gasteiger partial charge in [0, 0.05) is 0 Å². The normalized spacial score (nSPS) is 9.69. The van der Waals surface area contributed by atoms with E-state index in [1.165, 1.54) is 289 Å². The van der Waals surface area contributed by atoms with Gasteiger partial charge in [-0.2, -0.15) is 0 Å². The zero-order chi connectivity index (χ0) is 45.4. The summed E-state index contributed by atoms with van der Waals surface area (Å²) in [4.78, 5) is 0. The van der Waals surface area contributed by atoms with Gasteiger partial charge in [-0.05, 0) is 0 Å². The quantitative estimate of drug-likeness (QED) is 0.0421. The number of unbranched alkanes of at least 4 members (excludes halogenated alkanes) is 45. The van der Waals surface area contributed by atoms with Crippen LogP contribution >= 0.6 is 0 Å². The van der Waals surface area contributed by atoms with Gasteiger partial charge >= 0.3 is 148 Å². The van der Waals surface area contributed by atoms with Crippen molar-refractivity contribution in [2.75, 3.05) is 0 Å². The molecule has 0 aliphatic rings. The maximum absolute atomic E-state index is 3.84. The Morgan fingerprint density at radius 1 is 0.138 bits per heavy atom. The molecule has 0 heterocycles. The molecule has 0 nitrogen and oxygen atoms in total. The Morgan fingerprint density at radius 2 is 0.215 bits per heavy atom. The van der Waals surface area contributed by atoms with Crippen molar-refractivity contribution in [1.29, 1.82) is 0 Å². The number of rotatable bonds is 45. The van der Waals surface area contributed by atoms with Gasteiger partial charge in [0.15, 0.2) is 0 Å². The van der Waals surface area contributed by atoms with E-state index in [1.54, 1.807) is 0 Å². The van der Waals surface area contributed by atoms with E-state index in [1.807, 2.05) is 0 Å². The predicted molar refractivity (Wildman–Crippen MR) is 322 cm³/mol. The average molecular weight is 967 g/mol. The minimum absolute atomic E-state index is 0. The second kappa shape index (κ2) is 105. The minimum atomic E-state index is 0. The van der Waals surface area contributed by atoms with Crippen LogP contribution in [0.1, 0.15) is 356 Å². The molecule has 0 bridgehead atoms. The molecule has 0 atom stereocenters. The van der Waals surface area contributed by atoms with Gasteiger partial charge in [0.1, 0.15) is 0 Å². The molecule has 65 heavy (non-hydrogen) atoms. The van der Waals surface area contributed by atoms with Gasteiger partial charge in [0.05, 0.1) is 0 Å². The van der Waals surface area contributed by atoms with Crippen molar-refractivity contribution in [2.45, 2.75) is 356 Å². The molecule has 0 aromatic heterocycles. The Balaban J connectivity index is -0.0000000713. The molecule has 5 radical (unpaired) electrons. The molecule has 0 spiro atoms. The molecular weight excluding hydrogens is 836 g/mol. The van der Waals surface area contributed by atoms with Gasteiger partial charge < -0.3 is 0 Å². The fraction of sp³-hybridized carbons (Fsp3) is 0.917. The Kier molecular flexibility index (Phi) is 150.